The van der Waals surface area contributed by atoms with Gasteiger partial charge in [0.2, 0.25) is 11.8 Å². The van der Waals surface area contributed by atoms with Crippen LogP contribution in [0.5, 0.6) is 0 Å². The summed E-state index contributed by atoms with van der Waals surface area (Å²) in [4.78, 5) is 45.0. The van der Waals surface area contributed by atoms with Gasteiger partial charge in [0.1, 0.15) is 17.7 Å². The number of aromatic amines is 1. The van der Waals surface area contributed by atoms with E-state index in [0.29, 0.717) is 31.8 Å². The van der Waals surface area contributed by atoms with Gasteiger partial charge in [-0.25, -0.2) is 9.89 Å². The monoisotopic (exact) mass is 535 g/mol. The van der Waals surface area contributed by atoms with Gasteiger partial charge in [0.25, 0.3) is 0 Å². The van der Waals surface area contributed by atoms with E-state index >= 15 is 0 Å². The van der Waals surface area contributed by atoms with Gasteiger partial charge < -0.3 is 19.9 Å². The first-order chi connectivity index (χ1) is 18.5. The number of aromatic nitrogens is 4. The predicted octanol–water partition coefficient (Wildman–Crippen LogP) is 1.31. The second-order valence-electron chi connectivity index (χ2n) is 11.5. The molecular formula is C26H33N9O4. The molecule has 3 aliphatic rings. The summed E-state index contributed by atoms with van der Waals surface area (Å²) in [5.41, 5.74) is 0.854. The van der Waals surface area contributed by atoms with E-state index < -0.39 is 29.8 Å². The highest BCUT2D eigenvalue weighted by atomic mass is 16.6. The van der Waals surface area contributed by atoms with Crippen molar-refractivity contribution in [1.82, 2.24) is 35.7 Å². The molecule has 4 unspecified atom stereocenters. The molecular weight excluding hydrogens is 502 g/mol. The number of alkyl carbamates (subject to hydrolysis) is 1. The lowest BCUT2D eigenvalue weighted by Gasteiger charge is -2.36. The van der Waals surface area contributed by atoms with E-state index in [9.17, 15) is 19.6 Å². The van der Waals surface area contributed by atoms with Gasteiger partial charge in [-0.3, -0.25) is 14.5 Å². The molecule has 206 valence electrons. The molecule has 5 atom stereocenters. The molecule has 4 heterocycles. The molecule has 5 rings (SSSR count). The third-order valence-electron chi connectivity index (χ3n) is 7.38. The van der Waals surface area contributed by atoms with Crippen molar-refractivity contribution in [3.05, 3.63) is 24.3 Å². The van der Waals surface area contributed by atoms with Gasteiger partial charge in [0, 0.05) is 30.9 Å². The van der Waals surface area contributed by atoms with E-state index in [4.69, 9.17) is 4.74 Å². The van der Waals surface area contributed by atoms with E-state index in [1.54, 1.807) is 30.6 Å². The number of nitrogens with one attached hydrogen (secondary N) is 2. The van der Waals surface area contributed by atoms with E-state index in [-0.39, 0.29) is 30.3 Å². The van der Waals surface area contributed by atoms with Crippen molar-refractivity contribution in [3.8, 4) is 17.5 Å². The topological polar surface area (TPSA) is 160 Å². The van der Waals surface area contributed by atoms with Gasteiger partial charge in [-0.1, -0.05) is 6.92 Å². The van der Waals surface area contributed by atoms with E-state index in [0.717, 1.165) is 11.3 Å². The normalized spacial score (nSPS) is 25.6. The van der Waals surface area contributed by atoms with Crippen LogP contribution in [-0.2, 0) is 14.3 Å². The summed E-state index contributed by atoms with van der Waals surface area (Å²) in [5.74, 6) is 0.349. The summed E-state index contributed by atoms with van der Waals surface area (Å²) >= 11 is 0. The number of carbonyl (C=O) groups excluding carboxylic acids is 3. The van der Waals surface area contributed by atoms with Gasteiger partial charge in [-0.15, -0.1) is 5.10 Å². The Morgan fingerprint density at radius 2 is 1.97 bits per heavy atom. The molecule has 2 N–H and O–H groups in total. The average molecular weight is 536 g/mol. The standard InChI is InChI=1S/C26H33N9O4/c1-15-9-18(11-27)34(12-15)23(36)20(28-25(38)39-26(2,3)4)14-33-13-19-10-21(33)24(37)35(19)17-7-5-16(6-8-17)22-29-31-32-30-22/h5-8,15,18-21H,9-10,12-14H2,1-4H3,(H,28,38)(H,29,30,31,32)/t15?,18?,19-,20?,21?/m0/s1. The highest BCUT2D eigenvalue weighted by Gasteiger charge is 2.51. The molecule has 13 heteroatoms. The predicted molar refractivity (Wildman–Crippen MR) is 139 cm³/mol. The van der Waals surface area contributed by atoms with Crippen LogP contribution in [0.2, 0.25) is 0 Å². The summed E-state index contributed by atoms with van der Waals surface area (Å²) in [6.45, 7) is 8.40. The summed E-state index contributed by atoms with van der Waals surface area (Å²) in [6, 6.07) is 7.70. The molecule has 1 aromatic heterocycles. The number of amides is 3. The zero-order valence-electron chi connectivity index (χ0n) is 22.5. The molecule has 0 spiro atoms. The van der Waals surface area contributed by atoms with Crippen LogP contribution in [-0.4, -0.2) is 97.7 Å². The number of anilines is 1. The fourth-order valence-corrected chi connectivity index (χ4v) is 5.75. The van der Waals surface area contributed by atoms with Gasteiger partial charge in [0.05, 0.1) is 18.2 Å². The average Bonchev–Trinajstić information content (AvgIpc) is 3.66. The fourth-order valence-electron chi connectivity index (χ4n) is 5.75. The maximum absolute atomic E-state index is 13.6. The van der Waals surface area contributed by atoms with Crippen LogP contribution in [0.3, 0.4) is 0 Å². The molecule has 2 aromatic rings. The second-order valence-corrected chi connectivity index (χ2v) is 11.5. The van der Waals surface area contributed by atoms with Crippen LogP contribution < -0.4 is 10.2 Å². The van der Waals surface area contributed by atoms with Crippen molar-refractivity contribution in [2.24, 2.45) is 5.92 Å². The highest BCUT2D eigenvalue weighted by molar-refractivity contribution is 6.01. The summed E-state index contributed by atoms with van der Waals surface area (Å²) < 4.78 is 5.42. The minimum Gasteiger partial charge on any atom is -0.444 e. The number of fused-ring (bicyclic) bond motifs is 2. The molecule has 0 radical (unpaired) electrons. The number of nitrogens with zero attached hydrogens (tertiary/aromatic N) is 7. The Balaban J connectivity index is 1.30. The number of tetrazole rings is 1. The second kappa shape index (κ2) is 10.3. The number of hydrogen-bond acceptors (Lipinski definition) is 9. The zero-order valence-corrected chi connectivity index (χ0v) is 22.5. The minimum absolute atomic E-state index is 0.0477. The molecule has 2 bridgehead atoms. The van der Waals surface area contributed by atoms with Gasteiger partial charge >= 0.3 is 6.09 Å². The van der Waals surface area contributed by atoms with Gasteiger partial charge in [-0.05, 0) is 74.2 Å². The molecule has 3 saturated heterocycles. The van der Waals surface area contributed by atoms with Crippen LogP contribution in [0.15, 0.2) is 24.3 Å². The van der Waals surface area contributed by atoms with Gasteiger partial charge in [0.15, 0.2) is 5.82 Å². The number of piperazine rings is 1. The Kier molecular flexibility index (Phi) is 6.98. The lowest BCUT2D eigenvalue weighted by molar-refractivity contribution is -0.135. The van der Waals surface area contributed by atoms with Crippen molar-refractivity contribution >= 4 is 23.6 Å². The summed E-state index contributed by atoms with van der Waals surface area (Å²) in [7, 11) is 0. The number of hydrogen-bond donors (Lipinski definition) is 2. The van der Waals surface area contributed by atoms with Crippen LogP contribution in [0, 0.1) is 17.2 Å². The number of ether oxygens (including phenoxy) is 1. The third kappa shape index (κ3) is 5.42. The Bertz CT molecular complexity index is 1270. The molecule has 3 fully saturated rings. The third-order valence-corrected chi connectivity index (χ3v) is 7.38. The highest BCUT2D eigenvalue weighted by Crippen LogP contribution is 2.36. The molecule has 0 saturated carbocycles. The molecule has 13 nitrogen and oxygen atoms in total. The lowest BCUT2D eigenvalue weighted by Crippen LogP contribution is -2.59. The number of nitriles is 1. The quantitative estimate of drug-likeness (QED) is 0.556. The molecule has 3 amide bonds. The maximum atomic E-state index is 13.6. The Labute approximate surface area is 226 Å². The van der Waals surface area contributed by atoms with Crippen LogP contribution in [0.4, 0.5) is 10.5 Å². The zero-order chi connectivity index (χ0) is 27.9. The van der Waals surface area contributed by atoms with Crippen molar-refractivity contribution in [2.75, 3.05) is 24.5 Å². The molecule has 3 aliphatic heterocycles. The van der Waals surface area contributed by atoms with Crippen LogP contribution in [0.1, 0.15) is 40.5 Å². The van der Waals surface area contributed by atoms with Crippen molar-refractivity contribution < 1.29 is 19.1 Å². The van der Waals surface area contributed by atoms with Crippen molar-refractivity contribution in [1.29, 1.82) is 5.26 Å². The Hall–Kier alpha value is -4.05. The first kappa shape index (κ1) is 26.6. The van der Waals surface area contributed by atoms with Crippen LogP contribution in [0.25, 0.3) is 11.4 Å². The van der Waals surface area contributed by atoms with E-state index in [2.05, 4.69) is 32.0 Å². The van der Waals surface area contributed by atoms with Crippen molar-refractivity contribution in [3.63, 3.8) is 0 Å². The van der Waals surface area contributed by atoms with Crippen molar-refractivity contribution in [2.45, 2.75) is 70.3 Å². The molecule has 0 aliphatic carbocycles. The first-order valence-electron chi connectivity index (χ1n) is 13.1. The number of carbonyl (C=O) groups is 3. The number of H-pyrrole nitrogens is 1. The van der Waals surface area contributed by atoms with Gasteiger partial charge in [-0.2, -0.15) is 5.26 Å². The number of rotatable bonds is 6. The Morgan fingerprint density at radius 1 is 1.23 bits per heavy atom. The maximum Gasteiger partial charge on any atom is 0.408 e. The fraction of sp³-hybridized carbons (Fsp3) is 0.577. The minimum atomic E-state index is -0.948. The largest absolute Gasteiger partial charge is 0.444 e. The molecule has 1 aromatic carbocycles. The summed E-state index contributed by atoms with van der Waals surface area (Å²) in [5, 5.41) is 26.1. The first-order valence-corrected chi connectivity index (χ1v) is 13.1. The Morgan fingerprint density at radius 3 is 2.59 bits per heavy atom. The number of benzene rings is 1. The number of likely N-dealkylation sites (tertiary alicyclic amines) is 2. The SMILES string of the molecule is CC1CC(C#N)N(C(=O)C(CN2C[C@@H]3CC2C(=O)N3c2ccc(-c3nnn[nH]3)cc2)NC(=O)OC(C)(C)C)C1. The van der Waals surface area contributed by atoms with Crippen LogP contribution >= 0.6 is 0 Å². The smallest absolute Gasteiger partial charge is 0.408 e. The van der Waals surface area contributed by atoms with E-state index in [1.165, 1.54) is 0 Å². The molecule has 39 heavy (non-hydrogen) atoms. The van der Waals surface area contributed by atoms with E-state index in [1.807, 2.05) is 36.1 Å². The summed E-state index contributed by atoms with van der Waals surface area (Å²) in [6.07, 6.45) is 0.511. The lowest BCUT2D eigenvalue weighted by atomic mass is 10.1.